The van der Waals surface area contributed by atoms with Gasteiger partial charge in [-0.05, 0) is 43.4 Å². The highest BCUT2D eigenvalue weighted by Gasteiger charge is 2.36. The fraction of sp³-hybridized carbons (Fsp3) is 0.591. The van der Waals surface area contributed by atoms with Gasteiger partial charge in [0.2, 0.25) is 11.8 Å². The Bertz CT molecular complexity index is 836. The van der Waals surface area contributed by atoms with Crippen LogP contribution in [0.25, 0.3) is 0 Å². The van der Waals surface area contributed by atoms with Gasteiger partial charge < -0.3 is 20.1 Å². The van der Waals surface area contributed by atoms with Gasteiger partial charge in [0.05, 0.1) is 24.3 Å². The van der Waals surface area contributed by atoms with Crippen LogP contribution in [0.15, 0.2) is 18.2 Å². The van der Waals surface area contributed by atoms with E-state index in [2.05, 4.69) is 10.6 Å². The molecule has 1 unspecified atom stereocenters. The van der Waals surface area contributed by atoms with E-state index in [4.69, 9.17) is 4.74 Å². The third-order valence-corrected chi connectivity index (χ3v) is 5.61. The zero-order valence-electron chi connectivity index (χ0n) is 17.9. The van der Waals surface area contributed by atoms with E-state index >= 15 is 0 Å². The summed E-state index contributed by atoms with van der Waals surface area (Å²) in [5.41, 5.74) is -0.288. The van der Waals surface area contributed by atoms with Gasteiger partial charge in [-0.3, -0.25) is 19.7 Å². The van der Waals surface area contributed by atoms with Crippen LogP contribution < -0.4 is 15.5 Å². The summed E-state index contributed by atoms with van der Waals surface area (Å²) in [5, 5.41) is 15.9. The molecule has 2 heterocycles. The largest absolute Gasteiger partial charge is 0.465 e. The summed E-state index contributed by atoms with van der Waals surface area (Å²) in [4.78, 5) is 36.9. The topological polar surface area (TPSA) is 108 Å². The average molecular weight is 435 g/mol. The highest BCUT2D eigenvalue weighted by Crippen LogP contribution is 2.31. The lowest BCUT2D eigenvalue weighted by Crippen LogP contribution is -2.47. The molecule has 170 valence electrons. The van der Waals surface area contributed by atoms with Gasteiger partial charge in [0.15, 0.2) is 0 Å². The Labute approximate surface area is 181 Å². The predicted octanol–water partition coefficient (Wildman–Crippen LogP) is 1.96. The van der Waals surface area contributed by atoms with Gasteiger partial charge >= 0.3 is 5.97 Å². The molecule has 1 aromatic carbocycles. The Morgan fingerprint density at radius 1 is 1.35 bits per heavy atom. The van der Waals surface area contributed by atoms with Crippen molar-refractivity contribution in [1.29, 1.82) is 0 Å². The van der Waals surface area contributed by atoms with Crippen molar-refractivity contribution in [2.24, 2.45) is 5.92 Å². The number of imide groups is 1. The molecular formula is C22H30FN3O5. The molecule has 0 radical (unpaired) electrons. The number of ether oxygens (including phenoxy) is 1. The fourth-order valence-corrected chi connectivity index (χ4v) is 3.81. The Morgan fingerprint density at radius 2 is 2.06 bits per heavy atom. The number of esters is 1. The molecule has 3 rings (SSSR count). The quantitative estimate of drug-likeness (QED) is 0.444. The van der Waals surface area contributed by atoms with Gasteiger partial charge in [-0.1, -0.05) is 13.8 Å². The van der Waals surface area contributed by atoms with Crippen molar-refractivity contribution < 1.29 is 28.6 Å². The summed E-state index contributed by atoms with van der Waals surface area (Å²) < 4.78 is 19.9. The molecule has 2 saturated heterocycles. The molecule has 2 aliphatic heterocycles. The van der Waals surface area contributed by atoms with Crippen molar-refractivity contribution in [3.8, 4) is 0 Å². The third-order valence-electron chi connectivity index (χ3n) is 5.61. The first-order chi connectivity index (χ1) is 14.6. The molecule has 1 aromatic rings. The number of carbonyl (C=O) groups is 3. The van der Waals surface area contributed by atoms with Crippen LogP contribution in [-0.2, 0) is 19.1 Å². The van der Waals surface area contributed by atoms with Crippen LogP contribution in [0.4, 0.5) is 15.8 Å². The second-order valence-corrected chi connectivity index (χ2v) is 8.78. The first kappa shape index (κ1) is 23.0. The minimum atomic E-state index is -1.14. The lowest BCUT2D eigenvalue weighted by atomic mass is 9.88. The van der Waals surface area contributed by atoms with Gasteiger partial charge in [-0.2, -0.15) is 0 Å². The van der Waals surface area contributed by atoms with E-state index in [0.717, 1.165) is 0 Å². The maximum absolute atomic E-state index is 14.8. The SMILES string of the molecule is CC(C)COC(=O)CC1(O)CCN(c2ccc(NC3CCC(=O)NC3=O)cc2F)CC1. The number of nitrogens with one attached hydrogen (secondary N) is 2. The van der Waals surface area contributed by atoms with Crippen LogP contribution in [0, 0.1) is 11.7 Å². The molecule has 0 aliphatic carbocycles. The van der Waals surface area contributed by atoms with Crippen LogP contribution in [0.3, 0.4) is 0 Å². The number of aliphatic hydroxyl groups is 1. The smallest absolute Gasteiger partial charge is 0.308 e. The van der Waals surface area contributed by atoms with Crippen LogP contribution >= 0.6 is 0 Å². The van der Waals surface area contributed by atoms with Crippen molar-refractivity contribution in [1.82, 2.24) is 5.32 Å². The molecule has 1 atom stereocenters. The Kier molecular flexibility index (Phi) is 7.15. The highest BCUT2D eigenvalue weighted by atomic mass is 19.1. The van der Waals surface area contributed by atoms with Crippen molar-refractivity contribution in [3.05, 3.63) is 24.0 Å². The van der Waals surface area contributed by atoms with E-state index in [9.17, 15) is 23.9 Å². The van der Waals surface area contributed by atoms with E-state index in [1.807, 2.05) is 18.7 Å². The molecule has 2 amide bonds. The Hall–Kier alpha value is -2.68. The molecule has 8 nitrogen and oxygen atoms in total. The minimum Gasteiger partial charge on any atom is -0.465 e. The molecule has 2 aliphatic rings. The van der Waals surface area contributed by atoms with E-state index in [-0.39, 0.29) is 24.7 Å². The lowest BCUT2D eigenvalue weighted by Gasteiger charge is -2.39. The van der Waals surface area contributed by atoms with Crippen LogP contribution in [0.5, 0.6) is 0 Å². The monoisotopic (exact) mass is 435 g/mol. The number of hydrogen-bond donors (Lipinski definition) is 3. The number of halogens is 1. The van der Waals surface area contributed by atoms with Gasteiger partial charge in [-0.15, -0.1) is 0 Å². The van der Waals surface area contributed by atoms with Gasteiger partial charge in [-0.25, -0.2) is 4.39 Å². The Balaban J connectivity index is 1.55. The van der Waals surface area contributed by atoms with E-state index in [1.54, 1.807) is 12.1 Å². The Morgan fingerprint density at radius 3 is 2.68 bits per heavy atom. The maximum Gasteiger partial charge on any atom is 0.308 e. The van der Waals surface area contributed by atoms with E-state index in [1.165, 1.54) is 6.07 Å². The van der Waals surface area contributed by atoms with Crippen molar-refractivity contribution in [3.63, 3.8) is 0 Å². The molecule has 0 saturated carbocycles. The first-order valence-corrected chi connectivity index (χ1v) is 10.7. The van der Waals surface area contributed by atoms with Crippen LogP contribution in [0.2, 0.25) is 0 Å². The summed E-state index contributed by atoms with van der Waals surface area (Å²) >= 11 is 0. The summed E-state index contributed by atoms with van der Waals surface area (Å²) in [6.07, 6.45) is 1.20. The van der Waals surface area contributed by atoms with Crippen molar-refractivity contribution in [2.75, 3.05) is 29.9 Å². The second-order valence-electron chi connectivity index (χ2n) is 8.78. The van der Waals surface area contributed by atoms with Gasteiger partial charge in [0, 0.05) is 25.2 Å². The molecular weight excluding hydrogens is 405 g/mol. The van der Waals surface area contributed by atoms with Crippen LogP contribution in [0.1, 0.15) is 46.0 Å². The fourth-order valence-electron chi connectivity index (χ4n) is 3.81. The number of anilines is 2. The number of carbonyl (C=O) groups excluding carboxylic acids is 3. The summed E-state index contributed by atoms with van der Waals surface area (Å²) in [5.74, 6) is -1.35. The third kappa shape index (κ3) is 6.16. The zero-order valence-corrected chi connectivity index (χ0v) is 17.9. The second kappa shape index (κ2) is 9.64. The molecule has 3 N–H and O–H groups in total. The van der Waals surface area contributed by atoms with Crippen molar-refractivity contribution in [2.45, 2.75) is 57.6 Å². The molecule has 9 heteroatoms. The minimum absolute atomic E-state index is 0.0646. The normalized spacial score (nSPS) is 21.1. The molecule has 2 fully saturated rings. The summed E-state index contributed by atoms with van der Waals surface area (Å²) in [6, 6.07) is 4.06. The summed E-state index contributed by atoms with van der Waals surface area (Å²) in [6.45, 7) is 5.03. The van der Waals surface area contributed by atoms with Gasteiger partial charge in [0.25, 0.3) is 0 Å². The van der Waals surface area contributed by atoms with E-state index in [0.29, 0.717) is 50.3 Å². The lowest BCUT2D eigenvalue weighted by molar-refractivity contribution is -0.151. The zero-order chi connectivity index (χ0) is 22.6. The molecule has 0 aromatic heterocycles. The number of piperidine rings is 2. The van der Waals surface area contributed by atoms with Crippen molar-refractivity contribution >= 4 is 29.2 Å². The van der Waals surface area contributed by atoms with Gasteiger partial charge in [0.1, 0.15) is 11.9 Å². The predicted molar refractivity (Wildman–Crippen MR) is 113 cm³/mol. The molecule has 31 heavy (non-hydrogen) atoms. The number of hydrogen-bond acceptors (Lipinski definition) is 7. The highest BCUT2D eigenvalue weighted by molar-refractivity contribution is 6.01. The number of amides is 2. The average Bonchev–Trinajstić information content (AvgIpc) is 2.69. The number of rotatable bonds is 7. The standard InChI is InChI=1S/C22H30FN3O5/c1-14(2)13-31-20(28)12-22(30)7-9-26(10-8-22)18-5-3-15(11-16(18)23)24-17-4-6-19(27)25-21(17)29/h3,5,11,14,17,24,30H,4,6-10,12-13H2,1-2H3,(H,25,27,29). The molecule has 0 bridgehead atoms. The molecule has 0 spiro atoms. The van der Waals surface area contributed by atoms with Crippen LogP contribution in [-0.4, -0.2) is 54.2 Å². The number of nitrogens with zero attached hydrogens (tertiary/aromatic N) is 1. The maximum atomic E-state index is 14.8. The summed E-state index contributed by atoms with van der Waals surface area (Å²) in [7, 11) is 0. The first-order valence-electron chi connectivity index (χ1n) is 10.7. The van der Waals surface area contributed by atoms with E-state index < -0.39 is 29.3 Å². The number of benzene rings is 1.